The van der Waals surface area contributed by atoms with Gasteiger partial charge >= 0.3 is 6.18 Å². The fraction of sp³-hybridized carbons (Fsp3) is 0.667. The fourth-order valence-electron chi connectivity index (χ4n) is 0.653. The molecular weight excluding hydrogens is 184 g/mol. The number of halogens is 5. The largest absolute Gasteiger partial charge is 0.416 e. The SMILES string of the molecule is CC(C)/C(=C(/F)Cl)C(F)(F)F. The molecule has 0 radical (unpaired) electrons. The zero-order chi connectivity index (χ0) is 9.23. The lowest BCUT2D eigenvalue weighted by Gasteiger charge is -2.13. The molecule has 0 aliphatic heterocycles. The molecule has 0 N–H and O–H groups in total. The summed E-state index contributed by atoms with van der Waals surface area (Å²) < 4.78 is 47.6. The van der Waals surface area contributed by atoms with Gasteiger partial charge in [0.2, 0.25) is 0 Å². The van der Waals surface area contributed by atoms with Crippen LogP contribution in [0.5, 0.6) is 0 Å². The second-order valence-electron chi connectivity index (χ2n) is 2.33. The topological polar surface area (TPSA) is 0 Å². The van der Waals surface area contributed by atoms with Gasteiger partial charge in [-0.05, 0) is 5.92 Å². The Kier molecular flexibility index (Phi) is 3.35. The van der Waals surface area contributed by atoms with E-state index in [4.69, 9.17) is 0 Å². The zero-order valence-corrected chi connectivity index (χ0v) is 6.72. The molecule has 0 aliphatic carbocycles. The summed E-state index contributed by atoms with van der Waals surface area (Å²) in [6.07, 6.45) is -4.67. The van der Waals surface area contributed by atoms with Gasteiger partial charge < -0.3 is 0 Å². The molecule has 0 aliphatic rings. The van der Waals surface area contributed by atoms with Crippen LogP contribution in [0.3, 0.4) is 0 Å². The van der Waals surface area contributed by atoms with Crippen molar-refractivity contribution in [3.05, 3.63) is 10.9 Å². The highest BCUT2D eigenvalue weighted by Gasteiger charge is 2.38. The van der Waals surface area contributed by atoms with E-state index in [1.165, 1.54) is 13.8 Å². The minimum atomic E-state index is -4.67. The standard InChI is InChI=1S/C6H7ClF4/c1-3(2)4(5(7)8)6(9,10)11/h3H,1-2H3/b5-4-. The van der Waals surface area contributed by atoms with Crippen LogP contribution in [0.15, 0.2) is 10.9 Å². The highest BCUT2D eigenvalue weighted by Crippen LogP contribution is 2.35. The average molecular weight is 191 g/mol. The van der Waals surface area contributed by atoms with Crippen LogP contribution in [-0.2, 0) is 0 Å². The van der Waals surface area contributed by atoms with E-state index in [1.807, 2.05) is 0 Å². The van der Waals surface area contributed by atoms with Gasteiger partial charge in [0.1, 0.15) is 0 Å². The van der Waals surface area contributed by atoms with Crippen LogP contribution in [0, 0.1) is 5.92 Å². The number of alkyl halides is 3. The number of rotatable bonds is 1. The third-order valence-electron chi connectivity index (χ3n) is 1.09. The maximum absolute atomic E-state index is 12.0. The van der Waals surface area contributed by atoms with E-state index < -0.39 is 23.0 Å². The molecule has 0 aromatic rings. The second-order valence-corrected chi connectivity index (χ2v) is 2.66. The number of hydrogen-bond acceptors (Lipinski definition) is 0. The van der Waals surface area contributed by atoms with Gasteiger partial charge in [-0.3, -0.25) is 0 Å². The third kappa shape index (κ3) is 3.10. The van der Waals surface area contributed by atoms with Crippen LogP contribution in [0.1, 0.15) is 13.8 Å². The predicted molar refractivity (Wildman–Crippen MR) is 34.9 cm³/mol. The molecule has 66 valence electrons. The van der Waals surface area contributed by atoms with Gasteiger partial charge in [0, 0.05) is 0 Å². The molecule has 0 fully saturated rings. The highest BCUT2D eigenvalue weighted by molar-refractivity contribution is 6.28. The molecule has 0 rings (SSSR count). The summed E-state index contributed by atoms with van der Waals surface area (Å²) >= 11 is 4.62. The Morgan fingerprint density at radius 2 is 1.64 bits per heavy atom. The van der Waals surface area contributed by atoms with E-state index in [9.17, 15) is 17.6 Å². The molecule has 0 aromatic heterocycles. The van der Waals surface area contributed by atoms with Crippen LogP contribution in [0.4, 0.5) is 17.6 Å². The Bertz CT molecular complexity index is 164. The van der Waals surface area contributed by atoms with Crippen LogP contribution >= 0.6 is 11.6 Å². The minimum Gasteiger partial charge on any atom is -0.193 e. The van der Waals surface area contributed by atoms with Crippen molar-refractivity contribution in [3.8, 4) is 0 Å². The van der Waals surface area contributed by atoms with E-state index in [1.54, 1.807) is 0 Å². The van der Waals surface area contributed by atoms with Gasteiger partial charge in [-0.25, -0.2) is 0 Å². The van der Waals surface area contributed by atoms with E-state index in [0.717, 1.165) is 0 Å². The molecule has 0 heterocycles. The Morgan fingerprint density at radius 1 is 1.27 bits per heavy atom. The first kappa shape index (κ1) is 10.8. The Balaban J connectivity index is 4.80. The smallest absolute Gasteiger partial charge is 0.193 e. The first-order valence-corrected chi connectivity index (χ1v) is 3.27. The van der Waals surface area contributed by atoms with Crippen LogP contribution in [-0.4, -0.2) is 6.18 Å². The van der Waals surface area contributed by atoms with Crippen molar-refractivity contribution in [2.24, 2.45) is 5.92 Å². The van der Waals surface area contributed by atoms with Crippen LogP contribution < -0.4 is 0 Å². The number of allylic oxidation sites excluding steroid dienone is 1. The predicted octanol–water partition coefficient (Wildman–Crippen LogP) is 3.62. The normalized spacial score (nSPS) is 15.3. The molecular formula is C6H7ClF4. The lowest BCUT2D eigenvalue weighted by Crippen LogP contribution is -2.17. The van der Waals surface area contributed by atoms with Gasteiger partial charge in [-0.15, -0.1) is 0 Å². The molecule has 0 atom stereocenters. The lowest BCUT2D eigenvalue weighted by molar-refractivity contribution is -0.0990. The molecule has 0 aromatic carbocycles. The van der Waals surface area contributed by atoms with Gasteiger partial charge in [0.05, 0.1) is 5.57 Å². The molecule has 5 heteroatoms. The molecule has 0 spiro atoms. The van der Waals surface area contributed by atoms with Crippen molar-refractivity contribution in [3.63, 3.8) is 0 Å². The lowest BCUT2D eigenvalue weighted by atomic mass is 10.1. The van der Waals surface area contributed by atoms with Gasteiger partial charge in [-0.1, -0.05) is 25.4 Å². The van der Waals surface area contributed by atoms with Crippen molar-refractivity contribution >= 4 is 11.6 Å². The first-order valence-electron chi connectivity index (χ1n) is 2.89. The summed E-state index contributed by atoms with van der Waals surface area (Å²) in [4.78, 5) is 0. The molecule has 0 amide bonds. The first-order chi connectivity index (χ1) is 4.76. The van der Waals surface area contributed by atoms with Crippen molar-refractivity contribution in [1.82, 2.24) is 0 Å². The maximum atomic E-state index is 12.0. The Labute approximate surface area is 66.8 Å². The molecule has 11 heavy (non-hydrogen) atoms. The molecule has 0 nitrogen and oxygen atoms in total. The quantitative estimate of drug-likeness (QED) is 0.554. The molecule has 0 saturated heterocycles. The second kappa shape index (κ2) is 3.43. The van der Waals surface area contributed by atoms with Crippen LogP contribution in [0.25, 0.3) is 0 Å². The van der Waals surface area contributed by atoms with Crippen molar-refractivity contribution in [2.45, 2.75) is 20.0 Å². The molecule has 0 saturated carbocycles. The molecule has 0 bridgehead atoms. The maximum Gasteiger partial charge on any atom is 0.416 e. The third-order valence-corrected chi connectivity index (χ3v) is 1.29. The number of hydrogen-bond donors (Lipinski definition) is 0. The molecule has 0 unspecified atom stereocenters. The summed E-state index contributed by atoms with van der Waals surface area (Å²) in [5, 5.41) is -1.67. The van der Waals surface area contributed by atoms with E-state index in [-0.39, 0.29) is 0 Å². The average Bonchev–Trinajstić information content (AvgIpc) is 1.54. The summed E-state index contributed by atoms with van der Waals surface area (Å²) in [5.41, 5.74) is -1.31. The van der Waals surface area contributed by atoms with E-state index in [0.29, 0.717) is 0 Å². The van der Waals surface area contributed by atoms with Crippen molar-refractivity contribution in [2.75, 3.05) is 0 Å². The summed E-state index contributed by atoms with van der Waals surface area (Å²) in [5.74, 6) is -0.951. The summed E-state index contributed by atoms with van der Waals surface area (Å²) in [7, 11) is 0. The zero-order valence-electron chi connectivity index (χ0n) is 5.97. The van der Waals surface area contributed by atoms with E-state index >= 15 is 0 Å². The summed E-state index contributed by atoms with van der Waals surface area (Å²) in [6, 6.07) is 0. The van der Waals surface area contributed by atoms with Crippen LogP contribution in [0.2, 0.25) is 0 Å². The van der Waals surface area contributed by atoms with Crippen molar-refractivity contribution < 1.29 is 17.6 Å². The van der Waals surface area contributed by atoms with Gasteiger partial charge in [-0.2, -0.15) is 17.6 Å². The Hall–Kier alpha value is -0.250. The van der Waals surface area contributed by atoms with Gasteiger partial charge in [0.15, 0.2) is 5.29 Å². The highest BCUT2D eigenvalue weighted by atomic mass is 35.5. The van der Waals surface area contributed by atoms with E-state index in [2.05, 4.69) is 11.6 Å². The Morgan fingerprint density at radius 3 is 1.64 bits per heavy atom. The van der Waals surface area contributed by atoms with Crippen molar-refractivity contribution in [1.29, 1.82) is 0 Å². The minimum absolute atomic E-state index is 0.951. The monoisotopic (exact) mass is 190 g/mol. The van der Waals surface area contributed by atoms with Gasteiger partial charge in [0.25, 0.3) is 0 Å². The summed E-state index contributed by atoms with van der Waals surface area (Å²) in [6.45, 7) is 2.45. The fourth-order valence-corrected chi connectivity index (χ4v) is 0.978.